The highest BCUT2D eigenvalue weighted by Gasteiger charge is 2.11. The average molecular weight is 216 g/mol. The highest BCUT2D eigenvalue weighted by atomic mass is 16.5. The Labute approximate surface area is 92.8 Å². The molecule has 0 aromatic rings. The first-order chi connectivity index (χ1) is 7.20. The van der Waals surface area contributed by atoms with Crippen LogP contribution >= 0.6 is 0 Å². The number of ether oxygens (including phenoxy) is 1. The number of hydrogen-bond acceptors (Lipinski definition) is 2. The van der Waals surface area contributed by atoms with E-state index in [1.807, 2.05) is 0 Å². The minimum atomic E-state index is -0.745. The van der Waals surface area contributed by atoms with Crippen LogP contribution in [0.4, 0.5) is 0 Å². The van der Waals surface area contributed by atoms with Crippen LogP contribution in [0, 0.1) is 0 Å². The molecule has 0 aromatic carbocycles. The van der Waals surface area contributed by atoms with Crippen molar-refractivity contribution in [2.75, 3.05) is 6.61 Å². The van der Waals surface area contributed by atoms with Crippen molar-refractivity contribution in [3.05, 3.63) is 0 Å². The fourth-order valence-electron chi connectivity index (χ4n) is 1.47. The summed E-state index contributed by atoms with van der Waals surface area (Å²) >= 11 is 0. The molecule has 1 unspecified atom stereocenters. The summed E-state index contributed by atoms with van der Waals surface area (Å²) in [5, 5.41) is 7.72. The van der Waals surface area contributed by atoms with Gasteiger partial charge < -0.3 is 9.84 Å². The second-order valence-corrected chi connectivity index (χ2v) is 3.88. The first-order valence-corrected chi connectivity index (χ1v) is 6.04. The van der Waals surface area contributed by atoms with Crippen molar-refractivity contribution in [1.82, 2.24) is 0 Å². The SMILES string of the molecule is CCC(=O)O.CCCCC1CCCCO1. The quantitative estimate of drug-likeness (QED) is 0.784. The van der Waals surface area contributed by atoms with E-state index in [0.717, 1.165) is 6.61 Å². The molecule has 0 aliphatic carbocycles. The van der Waals surface area contributed by atoms with Crippen molar-refractivity contribution in [3.63, 3.8) is 0 Å². The minimum absolute atomic E-state index is 0.222. The highest BCUT2D eigenvalue weighted by Crippen LogP contribution is 2.17. The smallest absolute Gasteiger partial charge is 0.303 e. The lowest BCUT2D eigenvalue weighted by molar-refractivity contribution is -0.136. The Kier molecular flexibility index (Phi) is 9.59. The van der Waals surface area contributed by atoms with Gasteiger partial charge in [-0.3, -0.25) is 4.79 Å². The maximum absolute atomic E-state index is 9.37. The Morgan fingerprint density at radius 2 is 2.07 bits per heavy atom. The molecule has 90 valence electrons. The summed E-state index contributed by atoms with van der Waals surface area (Å²) in [7, 11) is 0. The van der Waals surface area contributed by atoms with Gasteiger partial charge in [-0.05, 0) is 25.7 Å². The Balaban J connectivity index is 0.000000336. The molecule has 0 aromatic heterocycles. The number of rotatable bonds is 4. The normalized spacial score (nSPS) is 20.3. The minimum Gasteiger partial charge on any atom is -0.481 e. The maximum Gasteiger partial charge on any atom is 0.303 e. The monoisotopic (exact) mass is 216 g/mol. The molecule has 1 N–H and O–H groups in total. The molecule has 0 radical (unpaired) electrons. The number of unbranched alkanes of at least 4 members (excludes halogenated alkanes) is 1. The third-order valence-electron chi connectivity index (χ3n) is 2.46. The summed E-state index contributed by atoms with van der Waals surface area (Å²) in [5.74, 6) is -0.745. The van der Waals surface area contributed by atoms with Crippen LogP contribution in [0.3, 0.4) is 0 Å². The number of hydrogen-bond donors (Lipinski definition) is 1. The largest absolute Gasteiger partial charge is 0.481 e. The average Bonchev–Trinajstić information content (AvgIpc) is 2.28. The predicted molar refractivity (Wildman–Crippen MR) is 61.0 cm³/mol. The lowest BCUT2D eigenvalue weighted by Crippen LogP contribution is -2.18. The molecule has 1 aliphatic heterocycles. The molecule has 1 atom stereocenters. The van der Waals surface area contributed by atoms with Gasteiger partial charge in [0.25, 0.3) is 0 Å². The summed E-state index contributed by atoms with van der Waals surface area (Å²) in [5.41, 5.74) is 0. The van der Waals surface area contributed by atoms with Crippen LogP contribution in [0.15, 0.2) is 0 Å². The van der Waals surface area contributed by atoms with Crippen LogP contribution in [0.5, 0.6) is 0 Å². The molecule has 1 fully saturated rings. The van der Waals surface area contributed by atoms with Crippen molar-refractivity contribution >= 4 is 5.97 Å². The van der Waals surface area contributed by atoms with E-state index in [4.69, 9.17) is 9.84 Å². The third kappa shape index (κ3) is 9.73. The van der Waals surface area contributed by atoms with Crippen LogP contribution < -0.4 is 0 Å². The molecule has 1 saturated heterocycles. The second kappa shape index (κ2) is 9.97. The van der Waals surface area contributed by atoms with Gasteiger partial charge in [0.2, 0.25) is 0 Å². The molecular weight excluding hydrogens is 192 g/mol. The molecule has 0 bridgehead atoms. The Morgan fingerprint density at radius 3 is 2.47 bits per heavy atom. The van der Waals surface area contributed by atoms with Crippen molar-refractivity contribution in [2.45, 2.75) is 64.9 Å². The first-order valence-electron chi connectivity index (χ1n) is 6.04. The van der Waals surface area contributed by atoms with Crippen molar-refractivity contribution in [3.8, 4) is 0 Å². The van der Waals surface area contributed by atoms with E-state index in [-0.39, 0.29) is 6.42 Å². The van der Waals surface area contributed by atoms with Gasteiger partial charge in [-0.15, -0.1) is 0 Å². The van der Waals surface area contributed by atoms with E-state index >= 15 is 0 Å². The summed E-state index contributed by atoms with van der Waals surface area (Å²) in [6.07, 6.45) is 8.73. The molecule has 0 saturated carbocycles. The van der Waals surface area contributed by atoms with Gasteiger partial charge in [-0.2, -0.15) is 0 Å². The molecular formula is C12H24O3. The zero-order valence-corrected chi connectivity index (χ0v) is 10.00. The van der Waals surface area contributed by atoms with E-state index in [0.29, 0.717) is 6.10 Å². The molecule has 1 rings (SSSR count). The maximum atomic E-state index is 9.37. The van der Waals surface area contributed by atoms with Crippen LogP contribution in [-0.2, 0) is 9.53 Å². The van der Waals surface area contributed by atoms with Gasteiger partial charge in [0.15, 0.2) is 0 Å². The van der Waals surface area contributed by atoms with Crippen molar-refractivity contribution in [1.29, 1.82) is 0 Å². The number of carbonyl (C=O) groups is 1. The Hall–Kier alpha value is -0.570. The van der Waals surface area contributed by atoms with E-state index in [9.17, 15) is 4.79 Å². The standard InChI is InChI=1S/C9H18O.C3H6O2/c1-2-3-6-9-7-4-5-8-10-9;1-2-3(4)5/h9H,2-8H2,1H3;2H2,1H3,(H,4,5). The third-order valence-corrected chi connectivity index (χ3v) is 2.46. The van der Waals surface area contributed by atoms with Crippen LogP contribution in [0.1, 0.15) is 58.8 Å². The predicted octanol–water partition coefficient (Wildman–Crippen LogP) is 3.23. The van der Waals surface area contributed by atoms with Gasteiger partial charge in [0.1, 0.15) is 0 Å². The van der Waals surface area contributed by atoms with Crippen LogP contribution in [0.2, 0.25) is 0 Å². The number of carboxylic acids is 1. The molecule has 1 aliphatic rings. The van der Waals surface area contributed by atoms with Crippen LogP contribution in [0.25, 0.3) is 0 Å². The van der Waals surface area contributed by atoms with Gasteiger partial charge in [0, 0.05) is 13.0 Å². The van der Waals surface area contributed by atoms with Crippen LogP contribution in [-0.4, -0.2) is 23.8 Å². The molecule has 0 spiro atoms. The van der Waals surface area contributed by atoms with Gasteiger partial charge >= 0.3 is 5.97 Å². The van der Waals surface area contributed by atoms with Gasteiger partial charge in [-0.25, -0.2) is 0 Å². The lowest BCUT2D eigenvalue weighted by Gasteiger charge is -2.21. The highest BCUT2D eigenvalue weighted by molar-refractivity contribution is 5.66. The Morgan fingerprint density at radius 1 is 1.40 bits per heavy atom. The fraction of sp³-hybridized carbons (Fsp3) is 0.917. The summed E-state index contributed by atoms with van der Waals surface area (Å²) in [6.45, 7) is 4.85. The van der Waals surface area contributed by atoms with E-state index < -0.39 is 5.97 Å². The fourth-order valence-corrected chi connectivity index (χ4v) is 1.47. The first kappa shape index (κ1) is 14.4. The molecule has 3 heteroatoms. The lowest BCUT2D eigenvalue weighted by atomic mass is 10.0. The molecule has 15 heavy (non-hydrogen) atoms. The van der Waals surface area contributed by atoms with E-state index in [2.05, 4.69) is 6.92 Å². The Bertz CT molecular complexity index is 151. The summed E-state index contributed by atoms with van der Waals surface area (Å²) in [4.78, 5) is 9.37. The summed E-state index contributed by atoms with van der Waals surface area (Å²) in [6, 6.07) is 0. The summed E-state index contributed by atoms with van der Waals surface area (Å²) < 4.78 is 5.58. The van der Waals surface area contributed by atoms with Gasteiger partial charge in [0.05, 0.1) is 6.10 Å². The topological polar surface area (TPSA) is 46.5 Å². The van der Waals surface area contributed by atoms with E-state index in [1.54, 1.807) is 6.92 Å². The second-order valence-electron chi connectivity index (χ2n) is 3.88. The zero-order valence-electron chi connectivity index (χ0n) is 10.00. The molecule has 1 heterocycles. The number of aliphatic carboxylic acids is 1. The van der Waals surface area contributed by atoms with Gasteiger partial charge in [-0.1, -0.05) is 26.7 Å². The van der Waals surface area contributed by atoms with Crippen molar-refractivity contribution in [2.24, 2.45) is 0 Å². The number of carboxylic acid groups (broad SMARTS) is 1. The molecule has 3 nitrogen and oxygen atoms in total. The zero-order chi connectivity index (χ0) is 11.5. The van der Waals surface area contributed by atoms with E-state index in [1.165, 1.54) is 38.5 Å². The van der Waals surface area contributed by atoms with Crippen molar-refractivity contribution < 1.29 is 14.6 Å². The molecule has 0 amide bonds.